The molecule has 1 aromatic heterocycles. The molecule has 0 spiro atoms. The molecule has 4 heteroatoms. The van der Waals surface area contributed by atoms with E-state index in [1.807, 2.05) is 18.3 Å². The van der Waals surface area contributed by atoms with Crippen LogP contribution in [0.1, 0.15) is 12.1 Å². The van der Waals surface area contributed by atoms with E-state index in [0.29, 0.717) is 12.6 Å². The summed E-state index contributed by atoms with van der Waals surface area (Å²) in [6.45, 7) is 4.20. The van der Waals surface area contributed by atoms with Gasteiger partial charge in [0, 0.05) is 25.3 Å². The minimum absolute atomic E-state index is 0.445. The van der Waals surface area contributed by atoms with Crippen molar-refractivity contribution in [3.8, 4) is 0 Å². The van der Waals surface area contributed by atoms with Gasteiger partial charge in [0.2, 0.25) is 0 Å². The third kappa shape index (κ3) is 3.01. The van der Waals surface area contributed by atoms with Crippen molar-refractivity contribution in [3.05, 3.63) is 30.1 Å². The molecular weight excluding hydrogens is 202 g/mol. The monoisotopic (exact) mass is 221 g/mol. The topological polar surface area (TPSA) is 51.4 Å². The molecule has 2 heterocycles. The van der Waals surface area contributed by atoms with Gasteiger partial charge in [0.05, 0.1) is 18.9 Å². The normalized spacial score (nSPS) is 22.2. The van der Waals surface area contributed by atoms with Crippen molar-refractivity contribution in [2.45, 2.75) is 19.0 Å². The smallest absolute Gasteiger partial charge is 0.0623 e. The highest BCUT2D eigenvalue weighted by atomic mass is 16.5. The van der Waals surface area contributed by atoms with Gasteiger partial charge in [-0.1, -0.05) is 6.07 Å². The molecule has 1 aromatic rings. The van der Waals surface area contributed by atoms with Gasteiger partial charge >= 0.3 is 0 Å². The lowest BCUT2D eigenvalue weighted by Crippen LogP contribution is -2.45. The Bertz CT molecular complexity index is 302. The second-order valence-corrected chi connectivity index (χ2v) is 4.10. The number of hydrogen-bond donors (Lipinski definition) is 1. The molecule has 0 aromatic carbocycles. The van der Waals surface area contributed by atoms with Gasteiger partial charge in [0.15, 0.2) is 0 Å². The number of morpholine rings is 1. The average molecular weight is 221 g/mol. The Morgan fingerprint density at radius 1 is 1.50 bits per heavy atom. The molecule has 1 fully saturated rings. The summed E-state index contributed by atoms with van der Waals surface area (Å²) in [4.78, 5) is 6.77. The fraction of sp³-hybridized carbons (Fsp3) is 0.583. The molecule has 1 saturated heterocycles. The molecule has 1 aliphatic heterocycles. The predicted molar refractivity (Wildman–Crippen MR) is 62.9 cm³/mol. The molecule has 1 unspecified atom stereocenters. The molecule has 0 radical (unpaired) electrons. The zero-order chi connectivity index (χ0) is 11.2. The van der Waals surface area contributed by atoms with Gasteiger partial charge in [-0.2, -0.15) is 0 Å². The van der Waals surface area contributed by atoms with Gasteiger partial charge < -0.3 is 10.5 Å². The number of aromatic nitrogens is 1. The first-order chi connectivity index (χ1) is 7.90. The summed E-state index contributed by atoms with van der Waals surface area (Å²) >= 11 is 0. The first-order valence-electron chi connectivity index (χ1n) is 5.82. The summed E-state index contributed by atoms with van der Waals surface area (Å²) < 4.78 is 5.48. The second kappa shape index (κ2) is 5.94. The molecule has 4 nitrogen and oxygen atoms in total. The van der Waals surface area contributed by atoms with Crippen LogP contribution in [0.2, 0.25) is 0 Å². The highest BCUT2D eigenvalue weighted by Gasteiger charge is 2.22. The number of nitrogens with two attached hydrogens (primary N) is 1. The molecule has 88 valence electrons. The van der Waals surface area contributed by atoms with E-state index in [2.05, 4.69) is 16.0 Å². The van der Waals surface area contributed by atoms with Crippen molar-refractivity contribution >= 4 is 0 Å². The molecule has 0 bridgehead atoms. The van der Waals surface area contributed by atoms with Crippen LogP contribution in [0.4, 0.5) is 0 Å². The zero-order valence-corrected chi connectivity index (χ0v) is 9.51. The van der Waals surface area contributed by atoms with Gasteiger partial charge in [0.1, 0.15) is 0 Å². The maximum atomic E-state index is 5.62. The second-order valence-electron chi connectivity index (χ2n) is 4.10. The van der Waals surface area contributed by atoms with Crippen LogP contribution in [0.5, 0.6) is 0 Å². The van der Waals surface area contributed by atoms with E-state index in [4.69, 9.17) is 10.5 Å². The third-order valence-corrected chi connectivity index (χ3v) is 2.94. The highest BCUT2D eigenvalue weighted by molar-refractivity contribution is 5.03. The molecule has 0 amide bonds. The number of ether oxygens (including phenoxy) is 1. The molecular formula is C12H19N3O. The third-order valence-electron chi connectivity index (χ3n) is 2.94. The van der Waals surface area contributed by atoms with Crippen LogP contribution in [-0.2, 0) is 11.3 Å². The summed E-state index contributed by atoms with van der Waals surface area (Å²) in [5, 5.41) is 0. The number of nitrogens with zero attached hydrogens (tertiary/aromatic N) is 2. The Kier molecular flexibility index (Phi) is 4.27. The molecule has 0 aliphatic carbocycles. The Morgan fingerprint density at radius 2 is 2.44 bits per heavy atom. The van der Waals surface area contributed by atoms with E-state index < -0.39 is 0 Å². The Morgan fingerprint density at radius 3 is 3.19 bits per heavy atom. The minimum atomic E-state index is 0.445. The van der Waals surface area contributed by atoms with Crippen LogP contribution in [-0.4, -0.2) is 42.2 Å². The quantitative estimate of drug-likeness (QED) is 0.810. The largest absolute Gasteiger partial charge is 0.378 e. The van der Waals surface area contributed by atoms with Crippen LogP contribution in [0.25, 0.3) is 0 Å². The van der Waals surface area contributed by atoms with Crippen molar-refractivity contribution in [2.75, 3.05) is 26.3 Å². The van der Waals surface area contributed by atoms with E-state index in [1.165, 1.54) is 0 Å². The van der Waals surface area contributed by atoms with Crippen LogP contribution < -0.4 is 5.73 Å². The molecule has 1 atom stereocenters. The summed E-state index contributed by atoms with van der Waals surface area (Å²) in [6, 6.07) is 6.48. The van der Waals surface area contributed by atoms with Gasteiger partial charge in [-0.3, -0.25) is 9.88 Å². The van der Waals surface area contributed by atoms with E-state index in [-0.39, 0.29) is 0 Å². The van der Waals surface area contributed by atoms with Gasteiger partial charge in [0.25, 0.3) is 0 Å². The average Bonchev–Trinajstić information content (AvgIpc) is 2.33. The van der Waals surface area contributed by atoms with Crippen molar-refractivity contribution in [2.24, 2.45) is 5.73 Å². The van der Waals surface area contributed by atoms with Crippen LogP contribution in [0, 0.1) is 0 Å². The minimum Gasteiger partial charge on any atom is -0.378 e. The molecule has 2 rings (SSSR count). The summed E-state index contributed by atoms with van der Waals surface area (Å²) in [6.07, 6.45) is 2.83. The standard InChI is InChI=1S/C12H19N3O/c13-5-4-12-10-16-8-7-15(12)9-11-3-1-2-6-14-11/h1-3,6,12H,4-5,7-10,13H2. The predicted octanol–water partition coefficient (Wildman–Crippen LogP) is 0.631. The fourth-order valence-corrected chi connectivity index (χ4v) is 2.06. The van der Waals surface area contributed by atoms with Gasteiger partial charge in [-0.15, -0.1) is 0 Å². The Balaban J connectivity index is 1.96. The SMILES string of the molecule is NCCC1COCCN1Cc1ccccn1. The van der Waals surface area contributed by atoms with E-state index in [1.54, 1.807) is 0 Å². The fourth-order valence-electron chi connectivity index (χ4n) is 2.06. The Labute approximate surface area is 96.4 Å². The molecule has 0 saturated carbocycles. The maximum Gasteiger partial charge on any atom is 0.0623 e. The van der Waals surface area contributed by atoms with Crippen molar-refractivity contribution in [1.82, 2.24) is 9.88 Å². The van der Waals surface area contributed by atoms with E-state index >= 15 is 0 Å². The molecule has 2 N–H and O–H groups in total. The molecule has 1 aliphatic rings. The van der Waals surface area contributed by atoms with Crippen LogP contribution in [0.3, 0.4) is 0 Å². The van der Waals surface area contributed by atoms with Crippen molar-refractivity contribution < 1.29 is 4.74 Å². The summed E-state index contributed by atoms with van der Waals surface area (Å²) in [5.41, 5.74) is 6.73. The van der Waals surface area contributed by atoms with Crippen LogP contribution in [0.15, 0.2) is 24.4 Å². The summed E-state index contributed by atoms with van der Waals surface area (Å²) in [7, 11) is 0. The number of hydrogen-bond acceptors (Lipinski definition) is 4. The Hall–Kier alpha value is -0.970. The molecule has 16 heavy (non-hydrogen) atoms. The number of pyridine rings is 1. The number of rotatable bonds is 4. The zero-order valence-electron chi connectivity index (χ0n) is 9.51. The highest BCUT2D eigenvalue weighted by Crippen LogP contribution is 2.13. The first-order valence-corrected chi connectivity index (χ1v) is 5.82. The lowest BCUT2D eigenvalue weighted by Gasteiger charge is -2.35. The maximum absolute atomic E-state index is 5.62. The lowest BCUT2D eigenvalue weighted by molar-refractivity contribution is -0.0141. The first kappa shape index (κ1) is 11.5. The van der Waals surface area contributed by atoms with E-state index in [9.17, 15) is 0 Å². The van der Waals surface area contributed by atoms with Crippen molar-refractivity contribution in [3.63, 3.8) is 0 Å². The van der Waals surface area contributed by atoms with Gasteiger partial charge in [-0.25, -0.2) is 0 Å². The van der Waals surface area contributed by atoms with E-state index in [0.717, 1.165) is 38.4 Å². The van der Waals surface area contributed by atoms with Crippen molar-refractivity contribution in [1.29, 1.82) is 0 Å². The van der Waals surface area contributed by atoms with Gasteiger partial charge in [-0.05, 0) is 25.1 Å². The van der Waals surface area contributed by atoms with Crippen LogP contribution >= 0.6 is 0 Å². The summed E-state index contributed by atoms with van der Waals surface area (Å²) in [5.74, 6) is 0. The lowest BCUT2D eigenvalue weighted by atomic mass is 10.1.